The summed E-state index contributed by atoms with van der Waals surface area (Å²) in [7, 11) is 0. The third-order valence-electron chi connectivity index (χ3n) is 5.85. The van der Waals surface area contributed by atoms with Gasteiger partial charge in [-0.2, -0.15) is 0 Å². The fourth-order valence-corrected chi connectivity index (χ4v) is 5.38. The molecule has 0 amide bonds. The summed E-state index contributed by atoms with van der Waals surface area (Å²) >= 11 is 1.46. The molecular weight excluding hydrogens is 380 g/mol. The lowest BCUT2D eigenvalue weighted by Gasteiger charge is -2.23. The van der Waals surface area contributed by atoms with Crippen molar-refractivity contribution in [3.8, 4) is 0 Å². The molecule has 6 heteroatoms. The number of fused-ring (bicyclic) bond motifs is 3. The van der Waals surface area contributed by atoms with E-state index in [2.05, 4.69) is 34.6 Å². The standard InChI is InChI=1S/C23H24N4OS/c28-23-21-20(26-15-27(23)17-9-5-2-6-10-17)19-18(12-14-25-22(19)29-21)24-13-11-16-7-3-1-4-8-16/h1,3-4,7-8,12,14-15,17H,2,5-6,9-11,13H2,(H,24,25). The number of rotatable bonds is 5. The summed E-state index contributed by atoms with van der Waals surface area (Å²) in [6.45, 7) is 0.819. The summed E-state index contributed by atoms with van der Waals surface area (Å²) in [6, 6.07) is 12.7. The number of aromatic nitrogens is 3. The van der Waals surface area contributed by atoms with E-state index in [1.54, 1.807) is 6.33 Å². The van der Waals surface area contributed by atoms with E-state index in [4.69, 9.17) is 4.98 Å². The molecule has 0 bridgehead atoms. The molecule has 1 aromatic carbocycles. The Morgan fingerprint density at radius 3 is 2.72 bits per heavy atom. The van der Waals surface area contributed by atoms with Crippen LogP contribution in [0.4, 0.5) is 5.69 Å². The Balaban J connectivity index is 1.48. The lowest BCUT2D eigenvalue weighted by molar-refractivity contribution is 0.345. The highest BCUT2D eigenvalue weighted by Crippen LogP contribution is 2.35. The number of nitrogens with zero attached hydrogens (tertiary/aromatic N) is 3. The summed E-state index contributed by atoms with van der Waals surface area (Å²) in [5.41, 5.74) is 3.16. The highest BCUT2D eigenvalue weighted by molar-refractivity contribution is 7.25. The monoisotopic (exact) mass is 404 g/mol. The van der Waals surface area contributed by atoms with E-state index in [0.717, 1.165) is 51.9 Å². The van der Waals surface area contributed by atoms with Crippen molar-refractivity contribution < 1.29 is 0 Å². The van der Waals surface area contributed by atoms with Gasteiger partial charge in [0.05, 0.1) is 17.2 Å². The predicted octanol–water partition coefficient (Wildman–Crippen LogP) is 5.17. The first-order chi connectivity index (χ1) is 14.3. The summed E-state index contributed by atoms with van der Waals surface area (Å²) in [5.74, 6) is 0. The number of hydrogen-bond acceptors (Lipinski definition) is 5. The number of nitrogens with one attached hydrogen (secondary N) is 1. The van der Waals surface area contributed by atoms with Gasteiger partial charge in [-0.25, -0.2) is 9.97 Å². The first-order valence-electron chi connectivity index (χ1n) is 10.4. The summed E-state index contributed by atoms with van der Waals surface area (Å²) < 4.78 is 2.58. The Morgan fingerprint density at radius 2 is 1.90 bits per heavy atom. The summed E-state index contributed by atoms with van der Waals surface area (Å²) in [6.07, 6.45) is 10.3. The van der Waals surface area contributed by atoms with Crippen LogP contribution >= 0.6 is 11.3 Å². The Labute approximate surface area is 173 Å². The van der Waals surface area contributed by atoms with Gasteiger partial charge in [0.25, 0.3) is 5.56 Å². The topological polar surface area (TPSA) is 59.8 Å². The van der Waals surface area contributed by atoms with Gasteiger partial charge in [-0.1, -0.05) is 49.6 Å². The van der Waals surface area contributed by atoms with E-state index in [1.807, 2.05) is 22.9 Å². The van der Waals surface area contributed by atoms with Crippen molar-refractivity contribution in [1.82, 2.24) is 14.5 Å². The number of benzene rings is 1. The molecular formula is C23H24N4OS. The molecule has 0 unspecified atom stereocenters. The van der Waals surface area contributed by atoms with Gasteiger partial charge in [0.1, 0.15) is 9.53 Å². The zero-order valence-electron chi connectivity index (χ0n) is 16.3. The maximum atomic E-state index is 13.2. The van der Waals surface area contributed by atoms with E-state index >= 15 is 0 Å². The molecule has 1 aliphatic carbocycles. The van der Waals surface area contributed by atoms with Gasteiger partial charge in [0, 0.05) is 24.5 Å². The van der Waals surface area contributed by atoms with Gasteiger partial charge in [-0.15, -0.1) is 11.3 Å². The maximum absolute atomic E-state index is 13.2. The van der Waals surface area contributed by atoms with Crippen LogP contribution in [0.1, 0.15) is 43.7 Å². The van der Waals surface area contributed by atoms with Crippen molar-refractivity contribution in [2.45, 2.75) is 44.6 Å². The normalized spacial score (nSPS) is 15.2. The van der Waals surface area contributed by atoms with E-state index in [-0.39, 0.29) is 11.6 Å². The fraction of sp³-hybridized carbons (Fsp3) is 0.348. The molecule has 0 saturated heterocycles. The van der Waals surface area contributed by atoms with Gasteiger partial charge in [0.15, 0.2) is 0 Å². The maximum Gasteiger partial charge on any atom is 0.271 e. The van der Waals surface area contributed by atoms with Crippen molar-refractivity contribution in [2.24, 2.45) is 0 Å². The molecule has 1 N–H and O–H groups in total. The quantitative estimate of drug-likeness (QED) is 0.499. The van der Waals surface area contributed by atoms with Crippen molar-refractivity contribution >= 4 is 37.5 Å². The minimum atomic E-state index is 0.0835. The van der Waals surface area contributed by atoms with Crippen LogP contribution in [0.5, 0.6) is 0 Å². The predicted molar refractivity (Wildman–Crippen MR) is 120 cm³/mol. The van der Waals surface area contributed by atoms with Crippen molar-refractivity contribution in [1.29, 1.82) is 0 Å². The average Bonchev–Trinajstić information content (AvgIpc) is 3.16. The van der Waals surface area contributed by atoms with Gasteiger partial charge in [0.2, 0.25) is 0 Å². The second kappa shape index (κ2) is 7.95. The summed E-state index contributed by atoms with van der Waals surface area (Å²) in [5, 5.41) is 4.50. The third kappa shape index (κ3) is 3.53. The van der Waals surface area contributed by atoms with Crippen LogP contribution < -0.4 is 10.9 Å². The van der Waals surface area contributed by atoms with Crippen molar-refractivity contribution in [3.63, 3.8) is 0 Å². The smallest absolute Gasteiger partial charge is 0.271 e. The molecule has 1 fully saturated rings. The number of thiophene rings is 1. The number of pyridine rings is 1. The Hall–Kier alpha value is -2.73. The first kappa shape index (κ1) is 18.3. The molecule has 3 aromatic heterocycles. The Morgan fingerprint density at radius 1 is 1.07 bits per heavy atom. The molecule has 148 valence electrons. The zero-order valence-corrected chi connectivity index (χ0v) is 17.1. The van der Waals surface area contributed by atoms with E-state index < -0.39 is 0 Å². The van der Waals surface area contributed by atoms with Crippen LogP contribution in [-0.4, -0.2) is 21.1 Å². The number of hydrogen-bond donors (Lipinski definition) is 1. The lowest BCUT2D eigenvalue weighted by atomic mass is 9.95. The van der Waals surface area contributed by atoms with Crippen LogP contribution in [0.3, 0.4) is 0 Å². The van der Waals surface area contributed by atoms with Crippen molar-refractivity contribution in [2.75, 3.05) is 11.9 Å². The van der Waals surface area contributed by atoms with Crippen LogP contribution in [0.2, 0.25) is 0 Å². The molecule has 0 aliphatic heterocycles. The van der Waals surface area contributed by atoms with E-state index in [1.165, 1.54) is 36.2 Å². The van der Waals surface area contributed by atoms with Gasteiger partial charge >= 0.3 is 0 Å². The molecule has 29 heavy (non-hydrogen) atoms. The molecule has 1 aliphatic rings. The number of anilines is 1. The van der Waals surface area contributed by atoms with Crippen LogP contribution in [-0.2, 0) is 6.42 Å². The summed E-state index contributed by atoms with van der Waals surface area (Å²) in [4.78, 5) is 23.3. The van der Waals surface area contributed by atoms with Crippen molar-refractivity contribution in [3.05, 3.63) is 64.8 Å². The molecule has 5 nitrogen and oxygen atoms in total. The first-order valence-corrected chi connectivity index (χ1v) is 11.2. The average molecular weight is 405 g/mol. The third-order valence-corrected chi connectivity index (χ3v) is 6.92. The molecule has 0 radical (unpaired) electrons. The molecule has 5 rings (SSSR count). The van der Waals surface area contributed by atoms with Crippen LogP contribution in [0, 0.1) is 0 Å². The molecule has 0 spiro atoms. The van der Waals surface area contributed by atoms with Gasteiger partial charge in [-0.3, -0.25) is 9.36 Å². The Kier molecular flexibility index (Phi) is 5.02. The minimum absolute atomic E-state index is 0.0835. The minimum Gasteiger partial charge on any atom is -0.384 e. The van der Waals surface area contributed by atoms with E-state index in [9.17, 15) is 4.79 Å². The highest BCUT2D eigenvalue weighted by atomic mass is 32.1. The largest absolute Gasteiger partial charge is 0.384 e. The second-order valence-corrected chi connectivity index (χ2v) is 8.73. The Bertz CT molecular complexity index is 1190. The molecule has 4 aromatic rings. The molecule has 3 heterocycles. The SMILES string of the molecule is O=c1c2sc3nccc(NCCc4ccccc4)c3c2ncn1C1CCCCC1. The van der Waals surface area contributed by atoms with E-state index in [0.29, 0.717) is 0 Å². The second-order valence-electron chi connectivity index (χ2n) is 7.73. The van der Waals surface area contributed by atoms with Gasteiger partial charge < -0.3 is 5.32 Å². The van der Waals surface area contributed by atoms with Gasteiger partial charge in [-0.05, 0) is 30.9 Å². The lowest BCUT2D eigenvalue weighted by Crippen LogP contribution is -2.26. The highest BCUT2D eigenvalue weighted by Gasteiger charge is 2.20. The fourth-order valence-electron chi connectivity index (χ4n) is 4.32. The van der Waals surface area contributed by atoms with Crippen LogP contribution in [0.15, 0.2) is 53.7 Å². The molecule has 1 saturated carbocycles. The molecule has 0 atom stereocenters. The van der Waals surface area contributed by atoms with Crippen LogP contribution in [0.25, 0.3) is 20.4 Å². The zero-order chi connectivity index (χ0) is 19.6.